The van der Waals surface area contributed by atoms with Gasteiger partial charge in [0.25, 0.3) is 5.91 Å². The first-order chi connectivity index (χ1) is 38.5. The molecule has 0 bridgehead atoms. The molecule has 2 aromatic carbocycles. The number of aryl methyl sites for hydroxylation is 6. The highest BCUT2D eigenvalue weighted by Gasteiger charge is 2.24. The Bertz CT molecular complexity index is 3620. The Kier molecular flexibility index (Phi) is 18.4. The average Bonchev–Trinajstić information content (AvgIpc) is 4.45. The number of esters is 2. The van der Waals surface area contributed by atoms with E-state index in [0.717, 1.165) is 5.69 Å². The van der Waals surface area contributed by atoms with Gasteiger partial charge in [0.1, 0.15) is 46.0 Å². The van der Waals surface area contributed by atoms with Gasteiger partial charge in [-0.25, -0.2) is 19.7 Å². The van der Waals surface area contributed by atoms with Crippen LogP contribution in [-0.2, 0) is 51.8 Å². The molecule has 25 heteroatoms. The van der Waals surface area contributed by atoms with E-state index < -0.39 is 24.0 Å². The van der Waals surface area contributed by atoms with Crippen LogP contribution in [0.15, 0.2) is 60.8 Å². The lowest BCUT2D eigenvalue weighted by Gasteiger charge is -2.14. The molecule has 0 radical (unpaired) electrons. The number of primary amides is 1. The van der Waals surface area contributed by atoms with Gasteiger partial charge < -0.3 is 50.0 Å². The van der Waals surface area contributed by atoms with Gasteiger partial charge >= 0.3 is 11.9 Å². The second-order valence-electron chi connectivity index (χ2n) is 18.9. The Morgan fingerprint density at radius 2 is 1.38 bits per heavy atom. The Morgan fingerprint density at radius 1 is 0.725 bits per heavy atom. The number of anilines is 1. The number of nitrogens with one attached hydrogen (secondary N) is 2. The number of nitrogens with zero attached hydrogens (tertiary/aromatic N) is 11. The molecule has 1 unspecified atom stereocenters. The van der Waals surface area contributed by atoms with E-state index in [9.17, 15) is 29.1 Å². The molecule has 25 nitrogen and oxygen atoms in total. The third kappa shape index (κ3) is 13.0. The zero-order chi connectivity index (χ0) is 57.2. The number of aliphatic hydroxyl groups is 1. The number of carbonyl (C=O) groups is 5. The lowest BCUT2D eigenvalue weighted by Crippen LogP contribution is -2.25. The van der Waals surface area contributed by atoms with Crippen LogP contribution in [0.25, 0.3) is 44.5 Å². The van der Waals surface area contributed by atoms with Crippen LogP contribution < -0.4 is 31.6 Å². The monoisotopic (exact) mass is 1100 g/mol. The van der Waals surface area contributed by atoms with Gasteiger partial charge in [-0.3, -0.25) is 38.5 Å². The molecule has 3 amide bonds. The molecule has 6 heterocycles. The zero-order valence-electron chi connectivity index (χ0n) is 45.9. The van der Waals surface area contributed by atoms with Gasteiger partial charge in [0.2, 0.25) is 17.8 Å². The van der Waals surface area contributed by atoms with Crippen molar-refractivity contribution in [3.8, 4) is 23.0 Å². The second-order valence-corrected chi connectivity index (χ2v) is 18.9. The van der Waals surface area contributed by atoms with Gasteiger partial charge in [-0.05, 0) is 96.8 Å². The van der Waals surface area contributed by atoms with Gasteiger partial charge in [-0.15, -0.1) is 0 Å². The third-order valence-corrected chi connectivity index (χ3v) is 13.1. The molecule has 0 spiro atoms. The summed E-state index contributed by atoms with van der Waals surface area (Å²) in [7, 11) is 1.30. The van der Waals surface area contributed by atoms with E-state index in [1.807, 2.05) is 55.2 Å². The van der Waals surface area contributed by atoms with Crippen molar-refractivity contribution in [2.24, 2.45) is 11.5 Å². The summed E-state index contributed by atoms with van der Waals surface area (Å²) < 4.78 is 31.8. The fourth-order valence-electron chi connectivity index (χ4n) is 9.28. The van der Waals surface area contributed by atoms with Gasteiger partial charge in [0.05, 0.1) is 55.0 Å². The number of imidazole rings is 1. The predicted octanol–water partition coefficient (Wildman–Crippen LogP) is 5.59. The number of nitrogens with two attached hydrogens (primary N) is 2. The Balaban J connectivity index is 1.14. The molecule has 0 aliphatic rings. The van der Waals surface area contributed by atoms with Crippen molar-refractivity contribution < 1.29 is 48.0 Å². The number of allylic oxidation sites excluding steroid dienone is 2. The van der Waals surface area contributed by atoms with Gasteiger partial charge in [0, 0.05) is 86.6 Å². The quantitative estimate of drug-likeness (QED) is 0.0181. The third-order valence-electron chi connectivity index (χ3n) is 13.1. The van der Waals surface area contributed by atoms with Crippen LogP contribution in [0.2, 0.25) is 0 Å². The van der Waals surface area contributed by atoms with Crippen molar-refractivity contribution in [1.82, 2.24) is 58.7 Å². The number of hydrogen-bond acceptors (Lipinski definition) is 17. The molecule has 1 atom stereocenters. The lowest BCUT2D eigenvalue weighted by atomic mass is 10.1. The molecule has 422 valence electrons. The van der Waals surface area contributed by atoms with Crippen molar-refractivity contribution in [3.63, 3.8) is 0 Å². The summed E-state index contributed by atoms with van der Waals surface area (Å²) in [5, 5.41) is 31.1. The number of methoxy groups -OCH3 is 1. The molecule has 6 aromatic heterocycles. The molecule has 0 saturated heterocycles. The maximum absolute atomic E-state index is 14.1. The van der Waals surface area contributed by atoms with E-state index in [0.29, 0.717) is 123 Å². The smallest absolute Gasteiger partial charge is 0.356 e. The van der Waals surface area contributed by atoms with Crippen LogP contribution >= 0.6 is 0 Å². The molecule has 80 heavy (non-hydrogen) atoms. The Morgan fingerprint density at radius 3 is 2.06 bits per heavy atom. The topological polar surface area (TPSA) is 321 Å². The summed E-state index contributed by atoms with van der Waals surface area (Å²) in [6.45, 7) is 13.6. The normalized spacial score (nSPS) is 12.0. The first-order valence-corrected chi connectivity index (χ1v) is 26.5. The number of aliphatic hydroxyl groups excluding tert-OH is 1. The van der Waals surface area contributed by atoms with E-state index in [1.165, 1.54) is 7.11 Å². The van der Waals surface area contributed by atoms with E-state index in [2.05, 4.69) is 30.7 Å². The number of ether oxygens (including phenoxy) is 4. The van der Waals surface area contributed by atoms with Gasteiger partial charge in [0.15, 0.2) is 5.82 Å². The molecular formula is C55H67N15O10. The average molecular weight is 1100 g/mol. The van der Waals surface area contributed by atoms with Crippen molar-refractivity contribution in [1.29, 1.82) is 0 Å². The van der Waals surface area contributed by atoms with Crippen molar-refractivity contribution in [2.75, 3.05) is 38.8 Å². The molecule has 0 fully saturated rings. The molecule has 8 aromatic rings. The van der Waals surface area contributed by atoms with Crippen molar-refractivity contribution >= 4 is 68.6 Å². The summed E-state index contributed by atoms with van der Waals surface area (Å²) in [5.74, 6) is -1.03. The second kappa shape index (κ2) is 25.7. The molecular weight excluding hydrogens is 1030 g/mol. The van der Waals surface area contributed by atoms with Crippen LogP contribution in [0.4, 0.5) is 5.95 Å². The minimum atomic E-state index is -1.40. The van der Waals surface area contributed by atoms with Crippen LogP contribution in [0.1, 0.15) is 113 Å². The minimum Gasteiger partial charge on any atom is -0.491 e. The maximum atomic E-state index is 14.1. The van der Waals surface area contributed by atoms with Crippen LogP contribution in [-0.4, -0.2) is 122 Å². The van der Waals surface area contributed by atoms with E-state index in [-0.39, 0.29) is 75.7 Å². The number of carbonyl (C=O) groups excluding carboxylic acids is 5. The fourth-order valence-corrected chi connectivity index (χ4v) is 9.28. The highest BCUT2D eigenvalue weighted by atomic mass is 16.5. The summed E-state index contributed by atoms with van der Waals surface area (Å²) in [4.78, 5) is 78.7. The molecule has 0 aliphatic carbocycles. The van der Waals surface area contributed by atoms with E-state index in [4.69, 9.17) is 40.6 Å². The summed E-state index contributed by atoms with van der Waals surface area (Å²) in [6, 6.07) is 11.8. The summed E-state index contributed by atoms with van der Waals surface area (Å²) >= 11 is 0. The standard InChI is InChI=1S/C55H67N15O10/c1-8-68-40(24-32(4)63-68)51-59-31-38-37-27-35(49(56)73)29-43(78-21-14-18-58-45(71)16-13-17-46(72)77-7)47(37)66(52(38)61-51)19-11-12-20-67-48-39(60-55(67)62-53(75)41-25-33(5)64-69(41)9-2)28-36(50(57)74)30-44(48)79-22-15-23-80-54(76)42-26-34(6)65-70(42)10-3/h11-12,24-31,50,74H,8-10,13-23,57H2,1-7H3,(H2,56,73)(H,58,71)(H,60,62,75)/b12-11+. The SMILES string of the molecule is CCn1nc(C)cc1C(=O)Nc1nc2cc(C(N)O)cc(OCCCOC(=O)c3cc(C)nn3CC)c2n1C/C=C/Cn1c2nc(-c3cc(C)nn3CC)ncc2c2cc(C(N)=O)cc(OCCCNC(=O)CCCC(=O)OC)c21. The summed E-state index contributed by atoms with van der Waals surface area (Å²) in [5.41, 5.74) is 17.9. The lowest BCUT2D eigenvalue weighted by molar-refractivity contribution is -0.140. The first kappa shape index (κ1) is 57.2. The molecule has 0 saturated carbocycles. The Labute approximate surface area is 460 Å². The minimum absolute atomic E-state index is 0.0374. The summed E-state index contributed by atoms with van der Waals surface area (Å²) in [6.07, 6.45) is 5.45. The number of rotatable bonds is 27. The number of hydrogen-bond donors (Lipinski definition) is 5. The number of amides is 3. The van der Waals surface area contributed by atoms with Crippen molar-refractivity contribution in [3.05, 3.63) is 100 Å². The highest BCUT2D eigenvalue weighted by molar-refractivity contribution is 6.12. The highest BCUT2D eigenvalue weighted by Crippen LogP contribution is 2.37. The first-order valence-electron chi connectivity index (χ1n) is 26.5. The van der Waals surface area contributed by atoms with E-state index >= 15 is 0 Å². The Hall–Kier alpha value is -8.97. The van der Waals surface area contributed by atoms with Crippen LogP contribution in [0.3, 0.4) is 0 Å². The van der Waals surface area contributed by atoms with Crippen LogP contribution in [0.5, 0.6) is 11.5 Å². The number of aromatic nitrogens is 11. The number of fused-ring (bicyclic) bond motifs is 4. The van der Waals surface area contributed by atoms with Crippen molar-refractivity contribution in [2.45, 2.75) is 113 Å². The van der Waals surface area contributed by atoms with Gasteiger partial charge in [-0.1, -0.05) is 12.2 Å². The van der Waals surface area contributed by atoms with E-state index in [1.54, 1.807) is 70.4 Å². The molecule has 0 aliphatic heterocycles. The number of benzene rings is 2. The molecule has 8 rings (SSSR count). The van der Waals surface area contributed by atoms with Gasteiger partial charge in [-0.2, -0.15) is 15.3 Å². The maximum Gasteiger partial charge on any atom is 0.356 e. The zero-order valence-corrected chi connectivity index (χ0v) is 45.9. The predicted molar refractivity (Wildman–Crippen MR) is 296 cm³/mol. The largest absolute Gasteiger partial charge is 0.491 e. The fraction of sp³-hybridized carbons (Fsp3) is 0.400. The molecule has 7 N–H and O–H groups in total. The van der Waals surface area contributed by atoms with Crippen LogP contribution in [0, 0.1) is 20.8 Å².